The molecule has 164 valence electrons. The standard InChI is InChI=1S/C24H24N4O4/c1-23(2,29-3)13-30-17-6-7-20-18(10-17)24(14-31-22(25)28-24)19-9-16(12-27-21(19)32-20)15-5-4-8-26-11-15/h4-12H,13-14H2,1-3H3,(H2,25,28)/t24-/m0/s1. The highest BCUT2D eigenvalue weighted by atomic mass is 16.5. The molecule has 0 radical (unpaired) electrons. The molecular weight excluding hydrogens is 408 g/mol. The number of aliphatic imine (C=N–C) groups is 1. The zero-order chi connectivity index (χ0) is 22.3. The molecule has 0 bridgehead atoms. The number of methoxy groups -OCH3 is 1. The molecule has 2 aliphatic heterocycles. The second-order valence-corrected chi connectivity index (χ2v) is 8.43. The van der Waals surface area contributed by atoms with Crippen LogP contribution in [0.4, 0.5) is 0 Å². The molecule has 8 heteroatoms. The van der Waals surface area contributed by atoms with Gasteiger partial charge in [0, 0.05) is 42.4 Å². The molecule has 5 rings (SSSR count). The van der Waals surface area contributed by atoms with Crippen LogP contribution >= 0.6 is 0 Å². The Labute approximate surface area is 186 Å². The maximum atomic E-state index is 6.14. The topological polar surface area (TPSA) is 101 Å². The Morgan fingerprint density at radius 1 is 1.12 bits per heavy atom. The van der Waals surface area contributed by atoms with Crippen LogP contribution in [-0.2, 0) is 15.0 Å². The van der Waals surface area contributed by atoms with Gasteiger partial charge >= 0.3 is 0 Å². The van der Waals surface area contributed by atoms with Gasteiger partial charge in [-0.2, -0.15) is 0 Å². The highest BCUT2D eigenvalue weighted by molar-refractivity contribution is 5.77. The number of nitrogens with two attached hydrogens (primary N) is 1. The summed E-state index contributed by atoms with van der Waals surface area (Å²) < 4.78 is 23.3. The van der Waals surface area contributed by atoms with Gasteiger partial charge in [-0.05, 0) is 44.2 Å². The molecule has 1 aromatic carbocycles. The van der Waals surface area contributed by atoms with Crippen LogP contribution in [0.25, 0.3) is 11.1 Å². The fourth-order valence-electron chi connectivity index (χ4n) is 3.80. The van der Waals surface area contributed by atoms with Crippen LogP contribution in [0.15, 0.2) is 60.0 Å². The summed E-state index contributed by atoms with van der Waals surface area (Å²) in [5.41, 5.74) is 8.12. The summed E-state index contributed by atoms with van der Waals surface area (Å²) in [7, 11) is 1.66. The number of hydrogen-bond acceptors (Lipinski definition) is 8. The lowest BCUT2D eigenvalue weighted by atomic mass is 9.81. The van der Waals surface area contributed by atoms with Gasteiger partial charge in [0.2, 0.25) is 5.88 Å². The van der Waals surface area contributed by atoms with Crippen LogP contribution in [0.3, 0.4) is 0 Å². The van der Waals surface area contributed by atoms with Crippen LogP contribution in [0.2, 0.25) is 0 Å². The van der Waals surface area contributed by atoms with E-state index in [0.29, 0.717) is 24.0 Å². The molecule has 0 unspecified atom stereocenters. The number of fused-ring (bicyclic) bond motifs is 4. The molecule has 8 nitrogen and oxygen atoms in total. The SMILES string of the molecule is COC(C)(C)COc1ccc2c(c1)[C@@]1(COC(N)=N1)c1cc(-c3cccnc3)cnc1O2. The van der Waals surface area contributed by atoms with Gasteiger partial charge in [-0.1, -0.05) is 6.07 Å². The first-order valence-electron chi connectivity index (χ1n) is 10.3. The van der Waals surface area contributed by atoms with Crippen molar-refractivity contribution in [1.82, 2.24) is 9.97 Å². The molecule has 0 aliphatic carbocycles. The number of ether oxygens (including phenoxy) is 4. The minimum absolute atomic E-state index is 0.127. The van der Waals surface area contributed by atoms with E-state index in [1.54, 1.807) is 25.7 Å². The smallest absolute Gasteiger partial charge is 0.283 e. The molecule has 0 fully saturated rings. The van der Waals surface area contributed by atoms with Gasteiger partial charge in [-0.15, -0.1) is 0 Å². The summed E-state index contributed by atoms with van der Waals surface area (Å²) in [6.45, 7) is 4.57. The summed E-state index contributed by atoms with van der Waals surface area (Å²) in [5.74, 6) is 1.79. The number of nitrogens with zero attached hydrogens (tertiary/aromatic N) is 3. The Morgan fingerprint density at radius 2 is 2.00 bits per heavy atom. The second kappa shape index (κ2) is 7.49. The van der Waals surface area contributed by atoms with Gasteiger partial charge in [-0.25, -0.2) is 9.98 Å². The number of amidine groups is 1. The number of rotatable bonds is 5. The van der Waals surface area contributed by atoms with Gasteiger partial charge in [0.05, 0.1) is 11.2 Å². The van der Waals surface area contributed by atoms with Crippen molar-refractivity contribution in [2.24, 2.45) is 10.7 Å². The van der Waals surface area contributed by atoms with Crippen LogP contribution in [0.5, 0.6) is 17.4 Å². The minimum atomic E-state index is -0.881. The van der Waals surface area contributed by atoms with E-state index in [0.717, 1.165) is 22.3 Å². The second-order valence-electron chi connectivity index (χ2n) is 8.43. The fourth-order valence-corrected chi connectivity index (χ4v) is 3.80. The zero-order valence-electron chi connectivity index (χ0n) is 18.2. The van der Waals surface area contributed by atoms with E-state index in [2.05, 4.69) is 9.97 Å². The molecule has 2 N–H and O–H groups in total. The third-order valence-electron chi connectivity index (χ3n) is 5.76. The summed E-state index contributed by atoms with van der Waals surface area (Å²) in [5, 5.41) is 0. The maximum Gasteiger partial charge on any atom is 0.283 e. The highest BCUT2D eigenvalue weighted by Crippen LogP contribution is 2.51. The zero-order valence-corrected chi connectivity index (χ0v) is 18.2. The number of benzene rings is 1. The molecule has 2 aliphatic rings. The molecule has 0 saturated heterocycles. The normalized spacial score (nSPS) is 18.9. The first-order chi connectivity index (χ1) is 15.4. The molecule has 2 aromatic heterocycles. The maximum absolute atomic E-state index is 6.14. The minimum Gasteiger partial charge on any atom is -0.491 e. The molecule has 32 heavy (non-hydrogen) atoms. The van der Waals surface area contributed by atoms with Crippen molar-refractivity contribution in [2.45, 2.75) is 25.0 Å². The molecule has 3 aromatic rings. The fraction of sp³-hybridized carbons (Fsp3) is 0.292. The van der Waals surface area contributed by atoms with Gasteiger partial charge in [0.25, 0.3) is 6.02 Å². The molecule has 4 heterocycles. The predicted octanol–water partition coefficient (Wildman–Crippen LogP) is 3.64. The Balaban J connectivity index is 1.60. The predicted molar refractivity (Wildman–Crippen MR) is 119 cm³/mol. The average molecular weight is 432 g/mol. The van der Waals surface area contributed by atoms with E-state index in [1.807, 2.05) is 50.2 Å². The van der Waals surface area contributed by atoms with Crippen LogP contribution in [0.1, 0.15) is 25.0 Å². The molecule has 1 atom stereocenters. The summed E-state index contributed by atoms with van der Waals surface area (Å²) in [4.78, 5) is 13.5. The lowest BCUT2D eigenvalue weighted by Crippen LogP contribution is -2.32. The number of hydrogen-bond donors (Lipinski definition) is 1. The van der Waals surface area contributed by atoms with Crippen molar-refractivity contribution in [1.29, 1.82) is 0 Å². The van der Waals surface area contributed by atoms with E-state index >= 15 is 0 Å². The van der Waals surface area contributed by atoms with E-state index in [9.17, 15) is 0 Å². The number of aromatic nitrogens is 2. The van der Waals surface area contributed by atoms with E-state index < -0.39 is 11.1 Å². The van der Waals surface area contributed by atoms with Crippen molar-refractivity contribution >= 4 is 6.02 Å². The van der Waals surface area contributed by atoms with Gasteiger partial charge in [0.15, 0.2) is 5.54 Å². The largest absolute Gasteiger partial charge is 0.491 e. The van der Waals surface area contributed by atoms with Crippen molar-refractivity contribution in [3.8, 4) is 28.5 Å². The molecule has 0 saturated carbocycles. The Bertz CT molecular complexity index is 1200. The van der Waals surface area contributed by atoms with Gasteiger partial charge < -0.3 is 24.7 Å². The highest BCUT2D eigenvalue weighted by Gasteiger charge is 2.48. The summed E-state index contributed by atoms with van der Waals surface area (Å²) >= 11 is 0. The van der Waals surface area contributed by atoms with Crippen LogP contribution in [-0.4, -0.2) is 41.9 Å². The molecular formula is C24H24N4O4. The van der Waals surface area contributed by atoms with Crippen molar-refractivity contribution in [3.05, 3.63) is 66.1 Å². The molecule has 0 amide bonds. The third-order valence-corrected chi connectivity index (χ3v) is 5.76. The monoisotopic (exact) mass is 432 g/mol. The Hall–Kier alpha value is -3.65. The Morgan fingerprint density at radius 3 is 2.72 bits per heavy atom. The van der Waals surface area contributed by atoms with Crippen LogP contribution in [0, 0.1) is 0 Å². The first-order valence-corrected chi connectivity index (χ1v) is 10.3. The lowest BCUT2D eigenvalue weighted by Gasteiger charge is -2.33. The van der Waals surface area contributed by atoms with Crippen molar-refractivity contribution in [2.75, 3.05) is 20.3 Å². The quantitative estimate of drug-likeness (QED) is 0.657. The lowest BCUT2D eigenvalue weighted by molar-refractivity contribution is -0.0147. The summed E-state index contributed by atoms with van der Waals surface area (Å²) in [6, 6.07) is 11.6. The first kappa shape index (κ1) is 20.3. The van der Waals surface area contributed by atoms with Gasteiger partial charge in [0.1, 0.15) is 24.7 Å². The van der Waals surface area contributed by atoms with Crippen molar-refractivity contribution < 1.29 is 18.9 Å². The summed E-state index contributed by atoms with van der Waals surface area (Å²) in [6.07, 6.45) is 5.29. The van der Waals surface area contributed by atoms with Crippen LogP contribution < -0.4 is 15.2 Å². The van der Waals surface area contributed by atoms with Gasteiger partial charge in [-0.3, -0.25) is 4.98 Å². The van der Waals surface area contributed by atoms with Crippen molar-refractivity contribution in [3.63, 3.8) is 0 Å². The van der Waals surface area contributed by atoms with E-state index in [4.69, 9.17) is 29.7 Å². The van der Waals surface area contributed by atoms with E-state index in [1.165, 1.54) is 0 Å². The molecule has 1 spiro atoms. The third kappa shape index (κ3) is 3.42. The average Bonchev–Trinajstić information content (AvgIpc) is 3.21. The van der Waals surface area contributed by atoms with E-state index in [-0.39, 0.29) is 12.6 Å². The number of pyridine rings is 2. The Kier molecular flexibility index (Phi) is 4.74.